The second-order valence-electron chi connectivity index (χ2n) is 5.80. The summed E-state index contributed by atoms with van der Waals surface area (Å²) in [5.41, 5.74) is 9.18. The summed E-state index contributed by atoms with van der Waals surface area (Å²) in [5.74, 6) is 1.28. The standard InChI is InChI=1S/C15H22N2S/c1-17(11-15(10-16)6-7-15)13-4-5-14-12(9-13)3-2-8-18-14/h4-5,9H,2-3,6-8,10-11,16H2,1H3. The molecule has 0 amide bonds. The van der Waals surface area contributed by atoms with E-state index in [1.807, 2.05) is 11.8 Å². The van der Waals surface area contributed by atoms with E-state index in [0.717, 1.165) is 13.1 Å². The van der Waals surface area contributed by atoms with Crippen molar-refractivity contribution in [3.63, 3.8) is 0 Å². The molecule has 0 saturated heterocycles. The number of rotatable bonds is 4. The van der Waals surface area contributed by atoms with Crippen LogP contribution in [0.2, 0.25) is 0 Å². The van der Waals surface area contributed by atoms with Gasteiger partial charge in [0.1, 0.15) is 0 Å². The average molecular weight is 262 g/mol. The molecule has 2 aliphatic rings. The second kappa shape index (κ2) is 4.78. The predicted octanol–water partition coefficient (Wildman–Crippen LogP) is 2.90. The molecule has 1 aromatic rings. The topological polar surface area (TPSA) is 29.3 Å². The molecule has 0 atom stereocenters. The highest BCUT2D eigenvalue weighted by molar-refractivity contribution is 7.99. The van der Waals surface area contributed by atoms with Crippen molar-refractivity contribution in [3.8, 4) is 0 Å². The molecule has 3 heteroatoms. The van der Waals surface area contributed by atoms with Gasteiger partial charge < -0.3 is 10.6 Å². The number of aryl methyl sites for hydroxylation is 1. The van der Waals surface area contributed by atoms with Gasteiger partial charge in [0, 0.05) is 29.6 Å². The van der Waals surface area contributed by atoms with E-state index in [2.05, 4.69) is 30.1 Å². The third kappa shape index (κ3) is 2.39. The summed E-state index contributed by atoms with van der Waals surface area (Å²) in [7, 11) is 2.20. The number of nitrogens with two attached hydrogens (primary N) is 1. The molecule has 1 aromatic carbocycles. The quantitative estimate of drug-likeness (QED) is 0.904. The van der Waals surface area contributed by atoms with Crippen LogP contribution in [0.4, 0.5) is 5.69 Å². The second-order valence-corrected chi connectivity index (χ2v) is 6.94. The van der Waals surface area contributed by atoms with E-state index in [4.69, 9.17) is 5.73 Å². The van der Waals surface area contributed by atoms with Crippen molar-refractivity contribution in [1.82, 2.24) is 0 Å². The molecule has 0 spiro atoms. The van der Waals surface area contributed by atoms with Crippen LogP contribution in [-0.4, -0.2) is 25.9 Å². The third-order valence-electron chi connectivity index (χ3n) is 4.30. The molecule has 1 aliphatic heterocycles. The van der Waals surface area contributed by atoms with E-state index >= 15 is 0 Å². The van der Waals surface area contributed by atoms with Gasteiger partial charge in [-0.05, 0) is 61.7 Å². The number of hydrogen-bond donors (Lipinski definition) is 1. The Bertz CT molecular complexity index is 440. The molecular weight excluding hydrogens is 240 g/mol. The van der Waals surface area contributed by atoms with Gasteiger partial charge in [0.25, 0.3) is 0 Å². The highest BCUT2D eigenvalue weighted by atomic mass is 32.2. The number of hydrogen-bond acceptors (Lipinski definition) is 3. The lowest BCUT2D eigenvalue weighted by Gasteiger charge is -2.26. The fourth-order valence-corrected chi connectivity index (χ4v) is 3.80. The summed E-state index contributed by atoms with van der Waals surface area (Å²) in [6.45, 7) is 1.94. The van der Waals surface area contributed by atoms with Gasteiger partial charge in [0.15, 0.2) is 0 Å². The number of nitrogens with zero attached hydrogens (tertiary/aromatic N) is 1. The molecular formula is C15H22N2S. The Hall–Kier alpha value is -0.670. The van der Waals surface area contributed by atoms with E-state index in [-0.39, 0.29) is 0 Å². The van der Waals surface area contributed by atoms with Gasteiger partial charge >= 0.3 is 0 Å². The highest BCUT2D eigenvalue weighted by Gasteiger charge is 2.42. The van der Waals surface area contributed by atoms with Crippen LogP contribution in [0.25, 0.3) is 0 Å². The van der Waals surface area contributed by atoms with Crippen LogP contribution in [0.3, 0.4) is 0 Å². The van der Waals surface area contributed by atoms with E-state index in [1.165, 1.54) is 47.6 Å². The Morgan fingerprint density at radius 2 is 2.22 bits per heavy atom. The van der Waals surface area contributed by atoms with Crippen molar-refractivity contribution >= 4 is 17.4 Å². The lowest BCUT2D eigenvalue weighted by molar-refractivity contribution is 0.523. The molecule has 0 bridgehead atoms. The summed E-state index contributed by atoms with van der Waals surface area (Å²) in [6, 6.07) is 6.95. The van der Waals surface area contributed by atoms with Gasteiger partial charge in [-0.25, -0.2) is 0 Å². The first kappa shape index (κ1) is 12.4. The first-order valence-corrected chi connectivity index (χ1v) is 7.88. The molecule has 0 unspecified atom stereocenters. The normalized spacial score (nSPS) is 20.3. The first-order valence-electron chi connectivity index (χ1n) is 6.89. The zero-order chi connectivity index (χ0) is 12.6. The number of thioether (sulfide) groups is 1. The summed E-state index contributed by atoms with van der Waals surface area (Å²) in [4.78, 5) is 3.87. The van der Waals surface area contributed by atoms with E-state index in [9.17, 15) is 0 Å². The van der Waals surface area contributed by atoms with Crippen molar-refractivity contribution in [3.05, 3.63) is 23.8 Å². The monoisotopic (exact) mass is 262 g/mol. The maximum atomic E-state index is 5.88. The van der Waals surface area contributed by atoms with Crippen molar-refractivity contribution in [1.29, 1.82) is 0 Å². The molecule has 1 aliphatic carbocycles. The van der Waals surface area contributed by atoms with Crippen LogP contribution in [-0.2, 0) is 6.42 Å². The van der Waals surface area contributed by atoms with Crippen molar-refractivity contribution in [2.45, 2.75) is 30.6 Å². The number of anilines is 1. The molecule has 1 heterocycles. The van der Waals surface area contributed by atoms with Crippen LogP contribution in [0, 0.1) is 5.41 Å². The molecule has 3 rings (SSSR count). The summed E-state index contributed by atoms with van der Waals surface area (Å²) in [5, 5.41) is 0. The third-order valence-corrected chi connectivity index (χ3v) is 5.50. The van der Waals surface area contributed by atoms with Gasteiger partial charge in [0.05, 0.1) is 0 Å². The van der Waals surface area contributed by atoms with Crippen molar-refractivity contribution in [2.75, 3.05) is 30.8 Å². The minimum atomic E-state index is 0.416. The number of benzene rings is 1. The fourth-order valence-electron chi connectivity index (χ4n) is 2.78. The SMILES string of the molecule is CN(CC1(CN)CC1)c1ccc2c(c1)CCCS2. The Labute approximate surface area is 114 Å². The lowest BCUT2D eigenvalue weighted by Crippen LogP contribution is -2.31. The van der Waals surface area contributed by atoms with E-state index in [0.29, 0.717) is 5.41 Å². The summed E-state index contributed by atoms with van der Waals surface area (Å²) < 4.78 is 0. The largest absolute Gasteiger partial charge is 0.374 e. The molecule has 98 valence electrons. The zero-order valence-corrected chi connectivity index (χ0v) is 11.9. The molecule has 0 aromatic heterocycles. The minimum absolute atomic E-state index is 0.416. The van der Waals surface area contributed by atoms with Crippen LogP contribution < -0.4 is 10.6 Å². The number of fused-ring (bicyclic) bond motifs is 1. The minimum Gasteiger partial charge on any atom is -0.374 e. The van der Waals surface area contributed by atoms with Crippen LogP contribution in [0.1, 0.15) is 24.8 Å². The zero-order valence-electron chi connectivity index (χ0n) is 11.1. The van der Waals surface area contributed by atoms with Crippen LogP contribution in [0.15, 0.2) is 23.1 Å². The first-order chi connectivity index (χ1) is 8.72. The Morgan fingerprint density at radius 3 is 2.94 bits per heavy atom. The Balaban J connectivity index is 1.75. The molecule has 18 heavy (non-hydrogen) atoms. The van der Waals surface area contributed by atoms with Gasteiger partial charge in [0.2, 0.25) is 0 Å². The van der Waals surface area contributed by atoms with E-state index in [1.54, 1.807) is 0 Å². The average Bonchev–Trinajstić information content (AvgIpc) is 3.18. The molecule has 2 nitrogen and oxygen atoms in total. The van der Waals surface area contributed by atoms with Gasteiger partial charge in [-0.3, -0.25) is 0 Å². The molecule has 1 saturated carbocycles. The highest BCUT2D eigenvalue weighted by Crippen LogP contribution is 2.45. The maximum absolute atomic E-state index is 5.88. The summed E-state index contributed by atoms with van der Waals surface area (Å²) >= 11 is 2.00. The van der Waals surface area contributed by atoms with Crippen LogP contribution in [0.5, 0.6) is 0 Å². The fraction of sp³-hybridized carbons (Fsp3) is 0.600. The molecule has 1 fully saturated rings. The summed E-state index contributed by atoms with van der Waals surface area (Å²) in [6.07, 6.45) is 5.16. The maximum Gasteiger partial charge on any atom is 0.0367 e. The van der Waals surface area contributed by atoms with Gasteiger partial charge in [-0.2, -0.15) is 0 Å². The van der Waals surface area contributed by atoms with Crippen molar-refractivity contribution in [2.24, 2.45) is 11.1 Å². The predicted molar refractivity (Wildman–Crippen MR) is 79.5 cm³/mol. The molecule has 2 N–H and O–H groups in total. The van der Waals surface area contributed by atoms with E-state index < -0.39 is 0 Å². The Morgan fingerprint density at radius 1 is 1.39 bits per heavy atom. The Kier molecular flexibility index (Phi) is 3.29. The van der Waals surface area contributed by atoms with Crippen LogP contribution >= 0.6 is 11.8 Å². The lowest BCUT2D eigenvalue weighted by atomic mass is 10.1. The smallest absolute Gasteiger partial charge is 0.0367 e. The van der Waals surface area contributed by atoms with Gasteiger partial charge in [-0.1, -0.05) is 0 Å². The van der Waals surface area contributed by atoms with Gasteiger partial charge in [-0.15, -0.1) is 11.8 Å². The van der Waals surface area contributed by atoms with Crippen molar-refractivity contribution < 1.29 is 0 Å². The molecule has 0 radical (unpaired) electrons.